The number of hydrogen-bond acceptors (Lipinski definition) is 6. The van der Waals surface area contributed by atoms with Crippen molar-refractivity contribution in [3.63, 3.8) is 0 Å². The Kier molecular flexibility index (Phi) is 5.19. The molecule has 156 valence electrons. The van der Waals surface area contributed by atoms with Crippen molar-refractivity contribution in [3.05, 3.63) is 23.5 Å². The van der Waals surface area contributed by atoms with Gasteiger partial charge in [-0.25, -0.2) is 14.5 Å². The highest BCUT2D eigenvalue weighted by atomic mass is 16.6. The van der Waals surface area contributed by atoms with E-state index < -0.39 is 0 Å². The second-order valence-corrected chi connectivity index (χ2v) is 8.42. The van der Waals surface area contributed by atoms with E-state index in [1.807, 2.05) is 19.1 Å². The van der Waals surface area contributed by atoms with Crippen LogP contribution in [0.3, 0.4) is 0 Å². The molecule has 0 radical (unpaired) electrons. The molecule has 0 atom stereocenters. The summed E-state index contributed by atoms with van der Waals surface area (Å²) in [6, 6.07) is 3.84. The van der Waals surface area contributed by atoms with Crippen LogP contribution in [0.2, 0.25) is 0 Å². The lowest BCUT2D eigenvalue weighted by atomic mass is 10.2. The number of nitrogens with zero attached hydrogens (tertiary/aromatic N) is 5. The summed E-state index contributed by atoms with van der Waals surface area (Å²) in [6.45, 7) is 4.10. The maximum atomic E-state index is 12.4. The lowest BCUT2D eigenvalue weighted by molar-refractivity contribution is 0.0876. The van der Waals surface area contributed by atoms with Crippen LogP contribution >= 0.6 is 0 Å². The molecule has 0 spiro atoms. The van der Waals surface area contributed by atoms with Crippen molar-refractivity contribution in [3.8, 4) is 17.1 Å². The minimum Gasteiger partial charge on any atom is -0.489 e. The fourth-order valence-corrected chi connectivity index (χ4v) is 3.69. The van der Waals surface area contributed by atoms with Gasteiger partial charge >= 0.3 is 6.09 Å². The quantitative estimate of drug-likeness (QED) is 0.738. The molecule has 0 saturated heterocycles. The van der Waals surface area contributed by atoms with Gasteiger partial charge in [-0.05, 0) is 64.5 Å². The second kappa shape index (κ2) is 7.65. The topological polar surface area (TPSA) is 82.4 Å². The molecule has 8 nitrogen and oxygen atoms in total. The molecule has 2 aliphatic carbocycles. The van der Waals surface area contributed by atoms with E-state index in [1.165, 1.54) is 12.8 Å². The Morgan fingerprint density at radius 3 is 2.69 bits per heavy atom. The number of aryl methyl sites for hydroxylation is 2. The van der Waals surface area contributed by atoms with Crippen LogP contribution in [0.5, 0.6) is 5.75 Å². The molecule has 4 rings (SSSR count). The van der Waals surface area contributed by atoms with Gasteiger partial charge in [0.05, 0.1) is 17.5 Å². The predicted octanol–water partition coefficient (Wildman–Crippen LogP) is 3.63. The smallest absolute Gasteiger partial charge is 0.410 e. The van der Waals surface area contributed by atoms with E-state index in [0.717, 1.165) is 37.1 Å². The van der Waals surface area contributed by atoms with Crippen molar-refractivity contribution in [1.29, 1.82) is 0 Å². The highest BCUT2D eigenvalue weighted by Crippen LogP contribution is 2.40. The summed E-state index contributed by atoms with van der Waals surface area (Å²) in [5, 5.41) is 8.35. The zero-order valence-corrected chi connectivity index (χ0v) is 17.6. The fourth-order valence-electron chi connectivity index (χ4n) is 3.69. The highest BCUT2D eigenvalue weighted by Gasteiger charge is 2.44. The minimum absolute atomic E-state index is 0.0710. The van der Waals surface area contributed by atoms with Gasteiger partial charge in [0.15, 0.2) is 0 Å². The van der Waals surface area contributed by atoms with E-state index >= 15 is 0 Å². The lowest BCUT2D eigenvalue weighted by Gasteiger charge is -2.23. The van der Waals surface area contributed by atoms with Gasteiger partial charge in [-0.15, -0.1) is 5.10 Å². The van der Waals surface area contributed by atoms with Gasteiger partial charge in [0.2, 0.25) is 0 Å². The van der Waals surface area contributed by atoms with E-state index in [4.69, 9.17) is 9.47 Å². The highest BCUT2D eigenvalue weighted by molar-refractivity contribution is 5.69. The van der Waals surface area contributed by atoms with Crippen LogP contribution in [-0.4, -0.2) is 49.7 Å². The van der Waals surface area contributed by atoms with E-state index in [9.17, 15) is 4.79 Å². The number of pyridine rings is 1. The molecule has 29 heavy (non-hydrogen) atoms. The molecule has 2 fully saturated rings. The van der Waals surface area contributed by atoms with Gasteiger partial charge in [0.25, 0.3) is 0 Å². The maximum absolute atomic E-state index is 12.4. The average molecular weight is 399 g/mol. The van der Waals surface area contributed by atoms with Crippen LogP contribution in [0.25, 0.3) is 11.4 Å². The molecule has 0 bridgehead atoms. The van der Waals surface area contributed by atoms with Crippen molar-refractivity contribution >= 4 is 6.09 Å². The van der Waals surface area contributed by atoms with Crippen LogP contribution in [-0.2, 0) is 18.4 Å². The van der Waals surface area contributed by atoms with Crippen LogP contribution in [0.15, 0.2) is 12.1 Å². The first-order chi connectivity index (χ1) is 13.9. The Morgan fingerprint density at radius 2 is 2.03 bits per heavy atom. The van der Waals surface area contributed by atoms with Crippen molar-refractivity contribution in [2.24, 2.45) is 7.05 Å². The third-order valence-corrected chi connectivity index (χ3v) is 6.21. The number of aromatic nitrogens is 4. The molecule has 2 heterocycles. The molecule has 0 aliphatic heterocycles. The van der Waals surface area contributed by atoms with Gasteiger partial charge in [0.1, 0.15) is 23.7 Å². The van der Waals surface area contributed by atoms with E-state index in [-0.39, 0.29) is 24.3 Å². The summed E-state index contributed by atoms with van der Waals surface area (Å²) in [5.41, 5.74) is 2.78. The normalized spacial score (nSPS) is 17.9. The largest absolute Gasteiger partial charge is 0.489 e. The summed E-state index contributed by atoms with van der Waals surface area (Å²) in [6.07, 6.45) is 6.64. The van der Waals surface area contributed by atoms with Gasteiger partial charge in [-0.1, -0.05) is 5.21 Å². The summed E-state index contributed by atoms with van der Waals surface area (Å²) in [4.78, 5) is 18.7. The van der Waals surface area contributed by atoms with E-state index in [1.54, 1.807) is 23.7 Å². The van der Waals surface area contributed by atoms with Crippen LogP contribution in [0, 0.1) is 6.92 Å². The Balaban J connectivity index is 1.47. The SMILES string of the molecule is Cc1nc(-c2nnn(C)c2COC(=O)N(C)C2(C)CC2)ccc1OC1CCCC1. The fraction of sp³-hybridized carbons (Fsp3) is 0.619. The Labute approximate surface area is 171 Å². The third-order valence-electron chi connectivity index (χ3n) is 6.21. The van der Waals surface area contributed by atoms with Gasteiger partial charge in [0, 0.05) is 19.6 Å². The summed E-state index contributed by atoms with van der Waals surface area (Å²) < 4.78 is 13.3. The van der Waals surface area contributed by atoms with Gasteiger partial charge < -0.3 is 14.4 Å². The summed E-state index contributed by atoms with van der Waals surface area (Å²) in [5.74, 6) is 0.817. The molecule has 1 amide bonds. The minimum atomic E-state index is -0.332. The zero-order valence-electron chi connectivity index (χ0n) is 17.6. The zero-order chi connectivity index (χ0) is 20.6. The standard InChI is InChI=1S/C21H29N5O3/c1-14-18(29-15-7-5-6-8-15)10-9-16(22-14)19-17(26(4)24-23-19)13-28-20(27)25(3)21(2)11-12-21/h9-10,15H,5-8,11-13H2,1-4H3. The van der Waals surface area contributed by atoms with Gasteiger partial charge in [-0.2, -0.15) is 0 Å². The predicted molar refractivity (Wildman–Crippen MR) is 107 cm³/mol. The Bertz CT molecular complexity index is 900. The van der Waals surface area contributed by atoms with Crippen molar-refractivity contribution in [1.82, 2.24) is 24.9 Å². The third kappa shape index (κ3) is 4.06. The molecule has 0 aromatic carbocycles. The first-order valence-corrected chi connectivity index (χ1v) is 10.3. The van der Waals surface area contributed by atoms with Crippen LogP contribution in [0.1, 0.15) is 56.8 Å². The Morgan fingerprint density at radius 1 is 1.31 bits per heavy atom. The number of rotatable bonds is 6. The Hall–Kier alpha value is -2.64. The molecule has 8 heteroatoms. The number of carbonyl (C=O) groups excluding carboxylic acids is 1. The summed E-state index contributed by atoms with van der Waals surface area (Å²) in [7, 11) is 3.57. The van der Waals surface area contributed by atoms with Crippen LogP contribution < -0.4 is 4.74 Å². The van der Waals surface area contributed by atoms with Crippen molar-refractivity contribution in [2.75, 3.05) is 7.05 Å². The van der Waals surface area contributed by atoms with Crippen LogP contribution in [0.4, 0.5) is 4.79 Å². The first kappa shape index (κ1) is 19.7. The van der Waals surface area contributed by atoms with Gasteiger partial charge in [-0.3, -0.25) is 0 Å². The number of carbonyl (C=O) groups is 1. The van der Waals surface area contributed by atoms with E-state index in [2.05, 4.69) is 22.2 Å². The lowest BCUT2D eigenvalue weighted by Crippen LogP contribution is -2.37. The molecule has 2 aromatic rings. The molecular weight excluding hydrogens is 370 g/mol. The number of amides is 1. The summed E-state index contributed by atoms with van der Waals surface area (Å²) >= 11 is 0. The monoisotopic (exact) mass is 399 g/mol. The molecule has 0 N–H and O–H groups in total. The second-order valence-electron chi connectivity index (χ2n) is 8.42. The van der Waals surface area contributed by atoms with Crippen molar-refractivity contribution in [2.45, 2.75) is 70.6 Å². The average Bonchev–Trinajstić information content (AvgIpc) is 3.09. The maximum Gasteiger partial charge on any atom is 0.410 e. The van der Waals surface area contributed by atoms with Crippen molar-refractivity contribution < 1.29 is 14.3 Å². The molecule has 2 saturated carbocycles. The van der Waals surface area contributed by atoms with E-state index in [0.29, 0.717) is 17.1 Å². The first-order valence-electron chi connectivity index (χ1n) is 10.3. The number of ether oxygens (including phenoxy) is 2. The molecular formula is C21H29N5O3. The molecule has 2 aliphatic rings. The number of hydrogen-bond donors (Lipinski definition) is 0. The molecule has 0 unspecified atom stereocenters. The molecule has 2 aromatic heterocycles.